The Balaban J connectivity index is 1.91. The molecule has 2 aromatic heterocycles. The van der Waals surface area contributed by atoms with Gasteiger partial charge in [0.2, 0.25) is 0 Å². The molecule has 3 aromatic rings. The Hall–Kier alpha value is -1.55. The number of aromatic nitrogens is 4. The monoisotopic (exact) mass is 511 g/mol. The van der Waals surface area contributed by atoms with E-state index >= 15 is 0 Å². The second-order valence-electron chi connectivity index (χ2n) is 7.89. The summed E-state index contributed by atoms with van der Waals surface area (Å²) in [6.45, 7) is 7.69. The lowest BCUT2D eigenvalue weighted by atomic mass is 9.90. The second kappa shape index (κ2) is 8.86. The van der Waals surface area contributed by atoms with E-state index in [9.17, 15) is 0 Å². The first-order valence-corrected chi connectivity index (χ1v) is 11.2. The number of nitrogens with zero attached hydrogens (tertiary/aromatic N) is 4. The summed E-state index contributed by atoms with van der Waals surface area (Å²) >= 11 is 3.94. The van der Waals surface area contributed by atoms with E-state index in [2.05, 4.69) is 57.9 Å². The van der Waals surface area contributed by atoms with Gasteiger partial charge in [-0.1, -0.05) is 39.0 Å². The van der Waals surface area contributed by atoms with Crippen LogP contribution in [-0.4, -0.2) is 26.6 Å². The van der Waals surface area contributed by atoms with Crippen molar-refractivity contribution in [3.05, 3.63) is 28.1 Å². The average Bonchev–Trinajstić information content (AvgIpc) is 2.98. The van der Waals surface area contributed by atoms with Gasteiger partial charge in [0, 0.05) is 15.0 Å². The first kappa shape index (κ1) is 21.2. The van der Waals surface area contributed by atoms with E-state index in [4.69, 9.17) is 15.5 Å². The highest BCUT2D eigenvalue weighted by Crippen LogP contribution is 2.35. The molecule has 0 amide bonds. The molecule has 0 fully saturated rings. The lowest BCUT2D eigenvalue weighted by Gasteiger charge is -2.18. The highest BCUT2D eigenvalue weighted by molar-refractivity contribution is 14.1. The average molecular weight is 511 g/mol. The SMILES string of the molecule is COc1ccc(I)c(Sc2nc3c(N)ncnc3n2CCCCC(C)(C)C)c1. The number of nitrogen functional groups attached to an aromatic ring is 1. The lowest BCUT2D eigenvalue weighted by Crippen LogP contribution is -2.06. The van der Waals surface area contributed by atoms with Gasteiger partial charge < -0.3 is 15.0 Å². The molecule has 150 valence electrons. The van der Waals surface area contributed by atoms with Crippen LogP contribution in [0.2, 0.25) is 0 Å². The predicted octanol–water partition coefficient (Wildman–Crippen LogP) is 5.39. The minimum atomic E-state index is 0.345. The molecule has 2 N–H and O–H groups in total. The van der Waals surface area contributed by atoms with Crippen LogP contribution in [0.5, 0.6) is 5.75 Å². The molecular weight excluding hydrogens is 485 g/mol. The normalized spacial score (nSPS) is 11.9. The van der Waals surface area contributed by atoms with Crippen LogP contribution >= 0.6 is 34.4 Å². The maximum atomic E-state index is 6.06. The highest BCUT2D eigenvalue weighted by atomic mass is 127. The largest absolute Gasteiger partial charge is 0.497 e. The van der Waals surface area contributed by atoms with Crippen molar-refractivity contribution in [3.63, 3.8) is 0 Å². The number of unbranched alkanes of at least 4 members (excludes halogenated alkanes) is 1. The fraction of sp³-hybridized carbons (Fsp3) is 0.450. The van der Waals surface area contributed by atoms with Gasteiger partial charge >= 0.3 is 0 Å². The van der Waals surface area contributed by atoms with Crippen LogP contribution in [0.25, 0.3) is 11.2 Å². The van der Waals surface area contributed by atoms with E-state index in [1.54, 1.807) is 18.9 Å². The third kappa shape index (κ3) is 5.08. The number of hydrogen-bond donors (Lipinski definition) is 1. The molecule has 0 bridgehead atoms. The first-order valence-electron chi connectivity index (χ1n) is 9.26. The lowest BCUT2D eigenvalue weighted by molar-refractivity contribution is 0.354. The van der Waals surface area contributed by atoms with E-state index in [0.717, 1.165) is 44.4 Å². The molecule has 0 spiro atoms. The standard InChI is InChI=1S/C20H26IN5OS/c1-20(2,3)9-5-6-10-26-18-16(17(22)23-12-24-18)25-19(26)28-15-11-13(27-4)7-8-14(15)21/h7-8,11-12H,5-6,9-10H2,1-4H3,(H2,22,23,24). The van der Waals surface area contributed by atoms with Crippen molar-refractivity contribution in [1.82, 2.24) is 19.5 Å². The van der Waals surface area contributed by atoms with Crippen LogP contribution in [0.4, 0.5) is 5.82 Å². The van der Waals surface area contributed by atoms with Crippen molar-refractivity contribution in [3.8, 4) is 5.75 Å². The Morgan fingerprint density at radius 2 is 2.00 bits per heavy atom. The van der Waals surface area contributed by atoms with Crippen molar-refractivity contribution in [2.24, 2.45) is 5.41 Å². The molecule has 2 heterocycles. The summed E-state index contributed by atoms with van der Waals surface area (Å²) in [6, 6.07) is 6.04. The van der Waals surface area contributed by atoms with Gasteiger partial charge in [-0.25, -0.2) is 15.0 Å². The quantitative estimate of drug-likeness (QED) is 0.339. The van der Waals surface area contributed by atoms with Gasteiger partial charge in [0.15, 0.2) is 22.1 Å². The molecule has 0 atom stereocenters. The fourth-order valence-corrected chi connectivity index (χ4v) is 4.55. The Morgan fingerprint density at radius 3 is 2.71 bits per heavy atom. The van der Waals surface area contributed by atoms with Crippen LogP contribution in [0, 0.1) is 8.99 Å². The zero-order chi connectivity index (χ0) is 20.3. The molecule has 0 aliphatic rings. The second-order valence-corrected chi connectivity index (χ2v) is 10.1. The van der Waals surface area contributed by atoms with Gasteiger partial charge in [-0.15, -0.1) is 0 Å². The van der Waals surface area contributed by atoms with Crippen molar-refractivity contribution in [2.45, 2.75) is 56.6 Å². The van der Waals surface area contributed by atoms with Crippen LogP contribution in [0.1, 0.15) is 40.0 Å². The molecule has 0 aliphatic carbocycles. The maximum absolute atomic E-state index is 6.06. The maximum Gasteiger partial charge on any atom is 0.175 e. The molecule has 6 nitrogen and oxygen atoms in total. The van der Waals surface area contributed by atoms with Crippen molar-refractivity contribution in [2.75, 3.05) is 12.8 Å². The number of halogens is 1. The van der Waals surface area contributed by atoms with E-state index in [1.807, 2.05) is 18.2 Å². The number of rotatable bonds is 7. The molecule has 28 heavy (non-hydrogen) atoms. The fourth-order valence-electron chi connectivity index (χ4n) is 2.93. The van der Waals surface area contributed by atoms with Gasteiger partial charge in [0.1, 0.15) is 12.1 Å². The Bertz CT molecular complexity index is 967. The Kier molecular flexibility index (Phi) is 6.69. The molecule has 3 rings (SSSR count). The number of hydrogen-bond acceptors (Lipinski definition) is 6. The van der Waals surface area contributed by atoms with Gasteiger partial charge in [-0.3, -0.25) is 0 Å². The van der Waals surface area contributed by atoms with Crippen LogP contribution in [0.15, 0.2) is 34.6 Å². The van der Waals surface area contributed by atoms with Crippen LogP contribution in [-0.2, 0) is 6.54 Å². The molecule has 0 saturated carbocycles. The Labute approximate surface area is 183 Å². The summed E-state index contributed by atoms with van der Waals surface area (Å²) in [5.74, 6) is 1.25. The summed E-state index contributed by atoms with van der Waals surface area (Å²) in [6.07, 6.45) is 4.92. The third-order valence-electron chi connectivity index (χ3n) is 4.42. The van der Waals surface area contributed by atoms with E-state index in [-0.39, 0.29) is 0 Å². The topological polar surface area (TPSA) is 78.8 Å². The van der Waals surface area contributed by atoms with Crippen LogP contribution < -0.4 is 10.5 Å². The van der Waals surface area contributed by atoms with Crippen LogP contribution in [0.3, 0.4) is 0 Å². The summed E-state index contributed by atoms with van der Waals surface area (Å²) in [4.78, 5) is 14.4. The summed E-state index contributed by atoms with van der Waals surface area (Å²) in [5.41, 5.74) is 7.87. The summed E-state index contributed by atoms with van der Waals surface area (Å²) in [5, 5.41) is 0.879. The van der Waals surface area contributed by atoms with Gasteiger partial charge in [-0.2, -0.15) is 0 Å². The molecule has 0 unspecified atom stereocenters. The number of anilines is 1. The summed E-state index contributed by atoms with van der Waals surface area (Å²) in [7, 11) is 1.68. The first-order chi connectivity index (χ1) is 13.3. The number of aryl methyl sites for hydroxylation is 1. The van der Waals surface area contributed by atoms with Crippen molar-refractivity contribution >= 4 is 51.3 Å². The summed E-state index contributed by atoms with van der Waals surface area (Å²) < 4.78 is 8.69. The number of nitrogens with two attached hydrogens (primary N) is 1. The molecule has 0 aliphatic heterocycles. The number of fused-ring (bicyclic) bond motifs is 1. The minimum absolute atomic E-state index is 0.345. The minimum Gasteiger partial charge on any atom is -0.497 e. The molecular formula is C20H26IN5OS. The number of ether oxygens (including phenoxy) is 1. The third-order valence-corrected chi connectivity index (χ3v) is 6.78. The van der Waals surface area contributed by atoms with Gasteiger partial charge in [0.25, 0.3) is 0 Å². The van der Waals surface area contributed by atoms with Gasteiger partial charge in [-0.05, 0) is 59.0 Å². The Morgan fingerprint density at radius 1 is 1.21 bits per heavy atom. The number of methoxy groups -OCH3 is 1. The number of benzene rings is 1. The molecule has 0 saturated heterocycles. The van der Waals surface area contributed by atoms with E-state index < -0.39 is 0 Å². The zero-order valence-electron chi connectivity index (χ0n) is 16.7. The molecule has 1 aromatic carbocycles. The number of imidazole rings is 1. The smallest absolute Gasteiger partial charge is 0.175 e. The zero-order valence-corrected chi connectivity index (χ0v) is 19.7. The van der Waals surface area contributed by atoms with E-state index in [1.165, 1.54) is 12.7 Å². The highest BCUT2D eigenvalue weighted by Gasteiger charge is 2.17. The van der Waals surface area contributed by atoms with Crippen molar-refractivity contribution < 1.29 is 4.74 Å². The van der Waals surface area contributed by atoms with Gasteiger partial charge in [0.05, 0.1) is 7.11 Å². The molecule has 8 heteroatoms. The van der Waals surface area contributed by atoms with E-state index in [0.29, 0.717) is 16.7 Å². The van der Waals surface area contributed by atoms with Crippen molar-refractivity contribution in [1.29, 1.82) is 0 Å². The predicted molar refractivity (Wildman–Crippen MR) is 123 cm³/mol. The molecule has 0 radical (unpaired) electrons.